The van der Waals surface area contributed by atoms with Gasteiger partial charge in [0.05, 0.1) is 13.0 Å². The van der Waals surface area contributed by atoms with Gasteiger partial charge in [-0.05, 0) is 6.92 Å². The Labute approximate surface area is 113 Å². The van der Waals surface area contributed by atoms with Gasteiger partial charge < -0.3 is 14.6 Å². The number of aromatic nitrogens is 2. The molecule has 0 fully saturated rings. The topological polar surface area (TPSA) is 77.3 Å². The molecule has 0 aliphatic heterocycles. The van der Waals surface area contributed by atoms with Crippen molar-refractivity contribution in [1.82, 2.24) is 15.5 Å². The van der Waals surface area contributed by atoms with Crippen molar-refractivity contribution < 1.29 is 27.2 Å². The lowest BCUT2D eigenvalue weighted by Gasteiger charge is -2.10. The average molecular weight is 295 g/mol. The van der Waals surface area contributed by atoms with E-state index in [1.807, 2.05) is 0 Å². The van der Waals surface area contributed by atoms with Crippen molar-refractivity contribution in [2.45, 2.75) is 38.4 Å². The summed E-state index contributed by atoms with van der Waals surface area (Å²) >= 11 is 0. The molecule has 0 unspecified atom stereocenters. The number of nitrogens with one attached hydrogen (secondary N) is 1. The number of carbonyl (C=O) groups excluding carboxylic acids is 1. The largest absolute Gasteiger partial charge is 0.389 e. The highest BCUT2D eigenvalue weighted by molar-refractivity contribution is 5.76. The Morgan fingerprint density at radius 2 is 2.20 bits per heavy atom. The summed E-state index contributed by atoms with van der Waals surface area (Å²) in [5, 5.41) is 6.04. The first-order valence-corrected chi connectivity index (χ1v) is 5.99. The molecular formula is C11H16F3N3O3. The first-order chi connectivity index (χ1) is 9.31. The zero-order chi connectivity index (χ0) is 15.2. The third-order valence-electron chi connectivity index (χ3n) is 2.40. The summed E-state index contributed by atoms with van der Waals surface area (Å²) in [5.41, 5.74) is 0. The number of rotatable bonds is 7. The van der Waals surface area contributed by atoms with E-state index in [0.717, 1.165) is 0 Å². The Morgan fingerprint density at radius 1 is 1.50 bits per heavy atom. The van der Waals surface area contributed by atoms with E-state index in [4.69, 9.17) is 9.26 Å². The molecule has 0 aliphatic rings. The number of nitrogens with zero attached hydrogens (tertiary/aromatic N) is 2. The Balaban J connectivity index is 2.43. The van der Waals surface area contributed by atoms with Crippen LogP contribution in [-0.4, -0.2) is 35.9 Å². The van der Waals surface area contributed by atoms with E-state index in [9.17, 15) is 18.0 Å². The number of alkyl halides is 3. The summed E-state index contributed by atoms with van der Waals surface area (Å²) in [4.78, 5) is 15.3. The maximum atomic E-state index is 12.0. The molecule has 1 atom stereocenters. The summed E-state index contributed by atoms with van der Waals surface area (Å²) in [5.74, 6) is -0.152. The van der Waals surface area contributed by atoms with Gasteiger partial charge in [0, 0.05) is 20.0 Å². The van der Waals surface area contributed by atoms with Crippen LogP contribution in [0.2, 0.25) is 0 Å². The van der Waals surface area contributed by atoms with Crippen LogP contribution in [0.4, 0.5) is 13.2 Å². The van der Waals surface area contributed by atoms with E-state index in [1.165, 1.54) is 7.11 Å². The van der Waals surface area contributed by atoms with E-state index in [0.29, 0.717) is 18.9 Å². The molecule has 6 nitrogen and oxygen atoms in total. The van der Waals surface area contributed by atoms with Crippen LogP contribution in [0, 0.1) is 0 Å². The van der Waals surface area contributed by atoms with E-state index in [2.05, 4.69) is 15.5 Å². The molecule has 114 valence electrons. The lowest BCUT2D eigenvalue weighted by atomic mass is 10.2. The molecule has 0 aliphatic carbocycles. The summed E-state index contributed by atoms with van der Waals surface area (Å²) in [6.45, 7) is 1.98. The molecule has 1 N–H and O–H groups in total. The average Bonchev–Trinajstić information content (AvgIpc) is 2.82. The second-order valence-electron chi connectivity index (χ2n) is 4.20. The number of ether oxygens (including phenoxy) is 1. The highest BCUT2D eigenvalue weighted by Crippen LogP contribution is 2.21. The van der Waals surface area contributed by atoms with E-state index in [1.54, 1.807) is 6.92 Å². The summed E-state index contributed by atoms with van der Waals surface area (Å²) in [6.07, 6.45) is -5.68. The van der Waals surface area contributed by atoms with Crippen LogP contribution in [0.1, 0.15) is 37.5 Å². The van der Waals surface area contributed by atoms with Crippen LogP contribution in [0.15, 0.2) is 4.52 Å². The fourth-order valence-electron chi connectivity index (χ4n) is 1.37. The molecule has 1 aromatic heterocycles. The van der Waals surface area contributed by atoms with Crippen molar-refractivity contribution in [3.63, 3.8) is 0 Å². The van der Waals surface area contributed by atoms with Crippen LogP contribution < -0.4 is 5.32 Å². The number of carbonyl (C=O) groups is 1. The Kier molecular flexibility index (Phi) is 5.93. The normalized spacial score (nSPS) is 13.2. The minimum Gasteiger partial charge on any atom is -0.384 e. The third kappa shape index (κ3) is 6.00. The van der Waals surface area contributed by atoms with E-state index < -0.39 is 31.0 Å². The highest BCUT2D eigenvalue weighted by Gasteiger charge is 2.28. The van der Waals surface area contributed by atoms with Crippen molar-refractivity contribution in [2.75, 3.05) is 13.7 Å². The van der Waals surface area contributed by atoms with Gasteiger partial charge in [-0.15, -0.1) is 0 Å². The van der Waals surface area contributed by atoms with Crippen LogP contribution in [0.5, 0.6) is 0 Å². The number of hydrogen-bond acceptors (Lipinski definition) is 5. The molecule has 0 saturated carbocycles. The predicted octanol–water partition coefficient (Wildman–Crippen LogP) is 1.78. The van der Waals surface area contributed by atoms with Gasteiger partial charge in [-0.3, -0.25) is 4.79 Å². The van der Waals surface area contributed by atoms with Crippen LogP contribution in [-0.2, 0) is 16.0 Å². The fraction of sp³-hybridized carbons (Fsp3) is 0.727. The molecule has 20 heavy (non-hydrogen) atoms. The number of hydrogen-bond donors (Lipinski definition) is 1. The first kappa shape index (κ1) is 16.4. The van der Waals surface area contributed by atoms with Gasteiger partial charge in [0.25, 0.3) is 0 Å². The van der Waals surface area contributed by atoms with Crippen LogP contribution in [0.3, 0.4) is 0 Å². The lowest BCUT2D eigenvalue weighted by molar-refractivity contribution is -0.144. The molecule has 0 spiro atoms. The number of methoxy groups -OCH3 is 1. The Morgan fingerprint density at radius 3 is 2.80 bits per heavy atom. The zero-order valence-electron chi connectivity index (χ0n) is 11.2. The molecule has 1 rings (SSSR count). The summed E-state index contributed by atoms with van der Waals surface area (Å²) in [7, 11) is 1.53. The SMILES string of the molecule is COCCc1noc([C@H](C)NC(=O)CCC(F)(F)F)n1. The van der Waals surface area contributed by atoms with Crippen molar-refractivity contribution in [3.05, 3.63) is 11.7 Å². The van der Waals surface area contributed by atoms with Gasteiger partial charge in [-0.2, -0.15) is 18.2 Å². The predicted molar refractivity (Wildman–Crippen MR) is 61.7 cm³/mol. The number of amides is 1. The Bertz CT molecular complexity index is 434. The summed E-state index contributed by atoms with van der Waals surface area (Å²) < 4.78 is 45.7. The van der Waals surface area contributed by atoms with Gasteiger partial charge in [0.1, 0.15) is 6.04 Å². The van der Waals surface area contributed by atoms with Crippen molar-refractivity contribution in [1.29, 1.82) is 0 Å². The van der Waals surface area contributed by atoms with Crippen molar-refractivity contribution in [3.8, 4) is 0 Å². The Hall–Kier alpha value is -1.64. The second-order valence-corrected chi connectivity index (χ2v) is 4.20. The molecule has 0 aromatic carbocycles. The molecule has 1 amide bonds. The molecular weight excluding hydrogens is 279 g/mol. The molecule has 0 saturated heterocycles. The summed E-state index contributed by atoms with van der Waals surface area (Å²) in [6, 6.07) is -0.639. The quantitative estimate of drug-likeness (QED) is 0.829. The highest BCUT2D eigenvalue weighted by atomic mass is 19.4. The van der Waals surface area contributed by atoms with Gasteiger partial charge in [-0.1, -0.05) is 5.16 Å². The monoisotopic (exact) mass is 295 g/mol. The molecule has 0 bridgehead atoms. The molecule has 1 aromatic rings. The minimum absolute atomic E-state index is 0.150. The second kappa shape index (κ2) is 7.22. The van der Waals surface area contributed by atoms with Gasteiger partial charge >= 0.3 is 6.18 Å². The van der Waals surface area contributed by atoms with Gasteiger partial charge in [0.2, 0.25) is 11.8 Å². The van der Waals surface area contributed by atoms with Gasteiger partial charge in [0.15, 0.2) is 5.82 Å². The van der Waals surface area contributed by atoms with Crippen LogP contribution >= 0.6 is 0 Å². The molecule has 9 heteroatoms. The first-order valence-electron chi connectivity index (χ1n) is 5.99. The standard InChI is InChI=1S/C11H16F3N3O3/c1-7(15-9(18)3-5-11(12,13)14)10-16-8(17-20-10)4-6-19-2/h7H,3-6H2,1-2H3,(H,15,18)/t7-/m0/s1. The number of halogens is 3. The van der Waals surface area contributed by atoms with Crippen molar-refractivity contribution >= 4 is 5.91 Å². The van der Waals surface area contributed by atoms with E-state index in [-0.39, 0.29) is 5.89 Å². The van der Waals surface area contributed by atoms with E-state index >= 15 is 0 Å². The fourth-order valence-corrected chi connectivity index (χ4v) is 1.37. The van der Waals surface area contributed by atoms with Crippen molar-refractivity contribution in [2.24, 2.45) is 0 Å². The zero-order valence-corrected chi connectivity index (χ0v) is 11.2. The van der Waals surface area contributed by atoms with Crippen LogP contribution in [0.25, 0.3) is 0 Å². The minimum atomic E-state index is -4.35. The maximum absolute atomic E-state index is 12.0. The third-order valence-corrected chi connectivity index (χ3v) is 2.40. The smallest absolute Gasteiger partial charge is 0.384 e. The maximum Gasteiger partial charge on any atom is 0.389 e. The molecule has 1 heterocycles. The lowest BCUT2D eigenvalue weighted by Crippen LogP contribution is -2.28. The van der Waals surface area contributed by atoms with Gasteiger partial charge in [-0.25, -0.2) is 0 Å². The molecule has 0 radical (unpaired) electrons.